The second-order valence-corrected chi connectivity index (χ2v) is 4.72. The van der Waals surface area contributed by atoms with Crippen molar-refractivity contribution in [1.29, 1.82) is 0 Å². The number of benzene rings is 1. The highest BCUT2D eigenvalue weighted by atomic mass is 16.4. The quantitative estimate of drug-likeness (QED) is 0.828. The molecule has 0 spiro atoms. The van der Waals surface area contributed by atoms with Crippen LogP contribution in [0, 0.1) is 5.92 Å². The number of imide groups is 1. The van der Waals surface area contributed by atoms with Crippen LogP contribution in [-0.2, 0) is 14.4 Å². The molecule has 5 nitrogen and oxygen atoms in total. The van der Waals surface area contributed by atoms with Crippen molar-refractivity contribution in [2.45, 2.75) is 19.3 Å². The monoisotopic (exact) mass is 261 g/mol. The maximum atomic E-state index is 12.1. The first-order chi connectivity index (χ1) is 9.00. The molecule has 2 atom stereocenters. The van der Waals surface area contributed by atoms with E-state index in [9.17, 15) is 14.4 Å². The highest BCUT2D eigenvalue weighted by molar-refractivity contribution is 6.05. The average Bonchev–Trinajstić information content (AvgIpc) is 2.66. The first-order valence-electron chi connectivity index (χ1n) is 6.11. The van der Waals surface area contributed by atoms with Gasteiger partial charge >= 0.3 is 5.97 Å². The predicted molar refractivity (Wildman–Crippen MR) is 67.3 cm³/mol. The van der Waals surface area contributed by atoms with Crippen LogP contribution in [0.2, 0.25) is 0 Å². The molecule has 0 bridgehead atoms. The highest BCUT2D eigenvalue weighted by Crippen LogP contribution is 2.33. The number of carbonyl (C=O) groups excluding carboxylic acids is 2. The number of carboxylic acids is 1. The molecule has 0 unspecified atom stereocenters. The molecule has 1 aliphatic rings. The van der Waals surface area contributed by atoms with Crippen molar-refractivity contribution in [3.05, 3.63) is 35.9 Å². The van der Waals surface area contributed by atoms with Crippen LogP contribution in [0.4, 0.5) is 0 Å². The van der Waals surface area contributed by atoms with Gasteiger partial charge in [-0.2, -0.15) is 0 Å². The van der Waals surface area contributed by atoms with Gasteiger partial charge in [0, 0.05) is 6.42 Å². The standard InChI is InChI=1S/C14H15NO4/c1-9(10-5-3-2-4-6-10)11-7-12(16)15(14(11)19)8-13(17)18/h2-6,9,11H,7-8H2,1H3,(H,17,18)/t9-,11+/m1/s1. The van der Waals surface area contributed by atoms with Crippen LogP contribution in [0.5, 0.6) is 0 Å². The fourth-order valence-electron chi connectivity index (χ4n) is 2.39. The molecule has 1 aromatic rings. The summed E-state index contributed by atoms with van der Waals surface area (Å²) in [5.74, 6) is -2.52. The lowest BCUT2D eigenvalue weighted by atomic mass is 9.86. The third kappa shape index (κ3) is 2.65. The van der Waals surface area contributed by atoms with E-state index in [0.717, 1.165) is 10.5 Å². The number of hydrogen-bond acceptors (Lipinski definition) is 3. The van der Waals surface area contributed by atoms with Gasteiger partial charge in [-0.3, -0.25) is 19.3 Å². The molecule has 2 amide bonds. The molecule has 0 aliphatic carbocycles. The van der Waals surface area contributed by atoms with Gasteiger partial charge in [-0.15, -0.1) is 0 Å². The van der Waals surface area contributed by atoms with Crippen LogP contribution >= 0.6 is 0 Å². The molecule has 1 heterocycles. The summed E-state index contributed by atoms with van der Waals surface area (Å²) >= 11 is 0. The van der Waals surface area contributed by atoms with Crippen molar-refractivity contribution in [3.63, 3.8) is 0 Å². The molecule has 1 aromatic carbocycles. The molecule has 1 saturated heterocycles. The lowest BCUT2D eigenvalue weighted by molar-refractivity contribution is -0.149. The second-order valence-electron chi connectivity index (χ2n) is 4.72. The Hall–Kier alpha value is -2.17. The smallest absolute Gasteiger partial charge is 0.323 e. The third-order valence-electron chi connectivity index (χ3n) is 3.50. The molecule has 1 fully saturated rings. The van der Waals surface area contributed by atoms with Crippen LogP contribution in [-0.4, -0.2) is 34.3 Å². The minimum absolute atomic E-state index is 0.0855. The zero-order valence-electron chi connectivity index (χ0n) is 10.6. The summed E-state index contributed by atoms with van der Waals surface area (Å²) in [6.07, 6.45) is 0.0855. The Morgan fingerprint density at radius 3 is 2.58 bits per heavy atom. The summed E-state index contributed by atoms with van der Waals surface area (Å²) in [5.41, 5.74) is 0.978. The summed E-state index contributed by atoms with van der Waals surface area (Å²) in [6, 6.07) is 9.45. The van der Waals surface area contributed by atoms with Gasteiger partial charge in [0.2, 0.25) is 11.8 Å². The molecular formula is C14H15NO4. The van der Waals surface area contributed by atoms with Crippen LogP contribution < -0.4 is 0 Å². The SMILES string of the molecule is C[C@H](c1ccccc1)[C@@H]1CC(=O)N(CC(=O)O)C1=O. The van der Waals surface area contributed by atoms with Gasteiger partial charge in [0.05, 0.1) is 5.92 Å². The van der Waals surface area contributed by atoms with Gasteiger partial charge in [-0.25, -0.2) is 0 Å². The number of nitrogens with zero attached hydrogens (tertiary/aromatic N) is 1. The van der Waals surface area contributed by atoms with E-state index < -0.39 is 24.3 Å². The van der Waals surface area contributed by atoms with Gasteiger partial charge in [-0.1, -0.05) is 37.3 Å². The fraction of sp³-hybridized carbons (Fsp3) is 0.357. The van der Waals surface area contributed by atoms with Crippen LogP contribution in [0.3, 0.4) is 0 Å². The first kappa shape index (κ1) is 13.3. The molecule has 5 heteroatoms. The lowest BCUT2D eigenvalue weighted by Gasteiger charge is -2.18. The van der Waals surface area contributed by atoms with Crippen LogP contribution in [0.1, 0.15) is 24.8 Å². The molecule has 0 aromatic heterocycles. The Morgan fingerprint density at radius 1 is 1.37 bits per heavy atom. The number of rotatable bonds is 4. The van der Waals surface area contributed by atoms with Crippen molar-refractivity contribution in [2.75, 3.05) is 6.54 Å². The Morgan fingerprint density at radius 2 is 2.00 bits per heavy atom. The number of likely N-dealkylation sites (tertiary alicyclic amines) is 1. The molecule has 1 N–H and O–H groups in total. The molecule has 1 aliphatic heterocycles. The highest BCUT2D eigenvalue weighted by Gasteiger charge is 2.42. The lowest BCUT2D eigenvalue weighted by Crippen LogP contribution is -2.36. The summed E-state index contributed by atoms with van der Waals surface area (Å²) in [7, 11) is 0. The maximum absolute atomic E-state index is 12.1. The van der Waals surface area contributed by atoms with E-state index in [4.69, 9.17) is 5.11 Å². The van der Waals surface area contributed by atoms with Gasteiger partial charge in [0.1, 0.15) is 6.54 Å². The van der Waals surface area contributed by atoms with E-state index in [2.05, 4.69) is 0 Å². The van der Waals surface area contributed by atoms with Gasteiger partial charge in [0.25, 0.3) is 0 Å². The van der Waals surface area contributed by atoms with Crippen molar-refractivity contribution in [1.82, 2.24) is 4.90 Å². The number of aliphatic carboxylic acids is 1. The predicted octanol–water partition coefficient (Wildman–Crippen LogP) is 1.25. The van der Waals surface area contributed by atoms with E-state index >= 15 is 0 Å². The van der Waals surface area contributed by atoms with Gasteiger partial charge in [0.15, 0.2) is 0 Å². The molecule has 0 saturated carbocycles. The molecule has 2 rings (SSSR count). The topological polar surface area (TPSA) is 74.7 Å². The van der Waals surface area contributed by atoms with Crippen molar-refractivity contribution in [3.8, 4) is 0 Å². The number of hydrogen-bond donors (Lipinski definition) is 1. The van der Waals surface area contributed by atoms with E-state index in [-0.39, 0.29) is 18.2 Å². The summed E-state index contributed by atoms with van der Waals surface area (Å²) in [6.45, 7) is 1.34. The summed E-state index contributed by atoms with van der Waals surface area (Å²) in [5, 5.41) is 8.71. The van der Waals surface area contributed by atoms with E-state index in [1.54, 1.807) is 0 Å². The second kappa shape index (κ2) is 5.22. The fourth-order valence-corrected chi connectivity index (χ4v) is 2.39. The van der Waals surface area contributed by atoms with Gasteiger partial charge in [-0.05, 0) is 11.5 Å². The Balaban J connectivity index is 2.17. The molecule has 19 heavy (non-hydrogen) atoms. The molecular weight excluding hydrogens is 246 g/mol. The number of carboxylic acid groups (broad SMARTS) is 1. The number of amides is 2. The van der Waals surface area contributed by atoms with E-state index in [1.165, 1.54) is 0 Å². The van der Waals surface area contributed by atoms with Crippen molar-refractivity contribution < 1.29 is 19.5 Å². The van der Waals surface area contributed by atoms with Crippen LogP contribution in [0.25, 0.3) is 0 Å². The van der Waals surface area contributed by atoms with Crippen LogP contribution in [0.15, 0.2) is 30.3 Å². The molecule has 100 valence electrons. The Labute approximate surface area is 110 Å². The Bertz CT molecular complexity index is 511. The van der Waals surface area contributed by atoms with Crippen molar-refractivity contribution >= 4 is 17.8 Å². The minimum Gasteiger partial charge on any atom is -0.480 e. The first-order valence-corrected chi connectivity index (χ1v) is 6.11. The Kier molecular flexibility index (Phi) is 3.64. The van der Waals surface area contributed by atoms with Gasteiger partial charge < -0.3 is 5.11 Å². The zero-order valence-corrected chi connectivity index (χ0v) is 10.6. The van der Waals surface area contributed by atoms with E-state index in [1.807, 2.05) is 37.3 Å². The zero-order chi connectivity index (χ0) is 14.0. The summed E-state index contributed by atoms with van der Waals surface area (Å²) < 4.78 is 0. The van der Waals surface area contributed by atoms with Crippen molar-refractivity contribution in [2.24, 2.45) is 5.92 Å². The normalized spacial score (nSPS) is 20.7. The minimum atomic E-state index is -1.17. The summed E-state index contributed by atoms with van der Waals surface area (Å²) in [4.78, 5) is 35.3. The third-order valence-corrected chi connectivity index (χ3v) is 3.50. The van der Waals surface area contributed by atoms with E-state index in [0.29, 0.717) is 0 Å². The average molecular weight is 261 g/mol. The molecule has 0 radical (unpaired) electrons. The number of carbonyl (C=O) groups is 3. The maximum Gasteiger partial charge on any atom is 0.323 e. The largest absolute Gasteiger partial charge is 0.480 e.